The predicted molar refractivity (Wildman–Crippen MR) is 93.0 cm³/mol. The number of aromatic nitrogens is 2. The van der Waals surface area contributed by atoms with E-state index in [0.717, 1.165) is 35.5 Å². The molecular formula is C19H25N3O2. The maximum atomic E-state index is 12.1. The van der Waals surface area contributed by atoms with Gasteiger partial charge in [0.1, 0.15) is 5.75 Å². The average Bonchev–Trinajstić information content (AvgIpc) is 3.31. The second kappa shape index (κ2) is 7.07. The fourth-order valence-electron chi connectivity index (χ4n) is 2.69. The van der Waals surface area contributed by atoms with Gasteiger partial charge in [0.05, 0.1) is 12.3 Å². The Kier molecular flexibility index (Phi) is 4.88. The molecule has 24 heavy (non-hydrogen) atoms. The molecule has 1 saturated carbocycles. The summed E-state index contributed by atoms with van der Waals surface area (Å²) in [6.45, 7) is 5.38. The zero-order chi connectivity index (χ0) is 17.0. The third-order valence-electron chi connectivity index (χ3n) is 4.85. The molecule has 0 radical (unpaired) electrons. The van der Waals surface area contributed by atoms with Crippen molar-refractivity contribution < 1.29 is 9.53 Å². The van der Waals surface area contributed by atoms with E-state index in [9.17, 15) is 4.79 Å². The van der Waals surface area contributed by atoms with E-state index >= 15 is 0 Å². The van der Waals surface area contributed by atoms with E-state index in [-0.39, 0.29) is 11.3 Å². The summed E-state index contributed by atoms with van der Waals surface area (Å²) in [7, 11) is 0. The van der Waals surface area contributed by atoms with Gasteiger partial charge in [0.15, 0.2) is 0 Å². The first-order chi connectivity index (χ1) is 11.6. The number of ether oxygens (including phenoxy) is 1. The molecule has 3 rings (SSSR count). The zero-order valence-electron chi connectivity index (χ0n) is 14.4. The second-order valence-corrected chi connectivity index (χ2v) is 6.80. The van der Waals surface area contributed by atoms with E-state index in [1.165, 1.54) is 0 Å². The van der Waals surface area contributed by atoms with E-state index < -0.39 is 0 Å². The van der Waals surface area contributed by atoms with Crippen molar-refractivity contribution >= 4 is 5.91 Å². The molecule has 1 aliphatic rings. The second-order valence-electron chi connectivity index (χ2n) is 6.80. The van der Waals surface area contributed by atoms with Crippen LogP contribution in [0.1, 0.15) is 36.2 Å². The molecule has 0 bridgehead atoms. The minimum absolute atomic E-state index is 0.0843. The summed E-state index contributed by atoms with van der Waals surface area (Å²) in [5.41, 5.74) is 3.32. The highest BCUT2D eigenvalue weighted by molar-refractivity contribution is 5.76. The van der Waals surface area contributed by atoms with Crippen molar-refractivity contribution in [2.75, 3.05) is 13.2 Å². The Balaban J connectivity index is 1.40. The molecule has 128 valence electrons. The Labute approximate surface area is 142 Å². The normalized spacial score (nSPS) is 15.1. The molecule has 1 aromatic heterocycles. The number of carbonyl (C=O) groups excluding carboxylic acids is 1. The third-order valence-corrected chi connectivity index (χ3v) is 4.85. The lowest BCUT2D eigenvalue weighted by Gasteiger charge is -2.17. The maximum absolute atomic E-state index is 12.1. The van der Waals surface area contributed by atoms with Gasteiger partial charge in [0.25, 0.3) is 0 Å². The van der Waals surface area contributed by atoms with Crippen LogP contribution < -0.4 is 10.1 Å². The number of benzene rings is 1. The largest absolute Gasteiger partial charge is 0.493 e. The SMILES string of the molecule is Cc1[nH]nc(CCC(=O)NCC2(COc3ccccc3)CC2)c1C. The number of amides is 1. The van der Waals surface area contributed by atoms with Crippen LogP contribution in [0.3, 0.4) is 0 Å². The molecular weight excluding hydrogens is 302 g/mol. The van der Waals surface area contributed by atoms with Crippen molar-refractivity contribution in [1.29, 1.82) is 0 Å². The summed E-state index contributed by atoms with van der Waals surface area (Å²) >= 11 is 0. The van der Waals surface area contributed by atoms with Gasteiger partial charge in [0.2, 0.25) is 5.91 Å². The van der Waals surface area contributed by atoms with Gasteiger partial charge in [-0.05, 0) is 44.4 Å². The van der Waals surface area contributed by atoms with Gasteiger partial charge in [-0.25, -0.2) is 0 Å². The Morgan fingerprint density at radius 2 is 2.04 bits per heavy atom. The molecule has 0 unspecified atom stereocenters. The van der Waals surface area contributed by atoms with E-state index in [0.29, 0.717) is 26.0 Å². The molecule has 5 heteroatoms. The first-order valence-electron chi connectivity index (χ1n) is 8.53. The predicted octanol–water partition coefficient (Wildman–Crippen LogP) is 2.93. The lowest BCUT2D eigenvalue weighted by molar-refractivity contribution is -0.121. The summed E-state index contributed by atoms with van der Waals surface area (Å²) in [4.78, 5) is 12.1. The lowest BCUT2D eigenvalue weighted by Crippen LogP contribution is -2.33. The molecule has 2 N–H and O–H groups in total. The molecule has 0 atom stereocenters. The number of nitrogens with one attached hydrogen (secondary N) is 2. The fourth-order valence-corrected chi connectivity index (χ4v) is 2.69. The molecule has 1 heterocycles. The van der Waals surface area contributed by atoms with Crippen LogP contribution in [0.2, 0.25) is 0 Å². The van der Waals surface area contributed by atoms with Crippen molar-refractivity contribution in [1.82, 2.24) is 15.5 Å². The highest BCUT2D eigenvalue weighted by Crippen LogP contribution is 2.45. The first kappa shape index (κ1) is 16.6. The summed E-state index contributed by atoms with van der Waals surface area (Å²) in [5, 5.41) is 10.3. The van der Waals surface area contributed by atoms with E-state index in [1.807, 2.05) is 44.2 Å². The average molecular weight is 327 g/mol. The minimum Gasteiger partial charge on any atom is -0.493 e. The van der Waals surface area contributed by atoms with Crippen molar-refractivity contribution in [2.45, 2.75) is 39.5 Å². The molecule has 0 spiro atoms. The Morgan fingerprint density at radius 1 is 1.29 bits per heavy atom. The lowest BCUT2D eigenvalue weighted by atomic mass is 10.1. The topological polar surface area (TPSA) is 67.0 Å². The fraction of sp³-hybridized carbons (Fsp3) is 0.474. The number of nitrogens with zero attached hydrogens (tertiary/aromatic N) is 1. The summed E-state index contributed by atoms with van der Waals surface area (Å²) in [5.74, 6) is 0.973. The Hall–Kier alpha value is -2.30. The number of carbonyl (C=O) groups is 1. The van der Waals surface area contributed by atoms with Gasteiger partial charge in [-0.15, -0.1) is 0 Å². The summed E-state index contributed by atoms with van der Waals surface area (Å²) in [6, 6.07) is 9.83. The number of hydrogen-bond acceptors (Lipinski definition) is 3. The number of aromatic amines is 1. The van der Waals surface area contributed by atoms with Crippen LogP contribution >= 0.6 is 0 Å². The van der Waals surface area contributed by atoms with Crippen molar-refractivity contribution in [3.63, 3.8) is 0 Å². The van der Waals surface area contributed by atoms with Crippen LogP contribution in [0, 0.1) is 19.3 Å². The van der Waals surface area contributed by atoms with Crippen LogP contribution in [0.5, 0.6) is 5.75 Å². The molecule has 1 aliphatic carbocycles. The number of aryl methyl sites for hydroxylation is 2. The molecule has 0 saturated heterocycles. The quantitative estimate of drug-likeness (QED) is 0.783. The van der Waals surface area contributed by atoms with Crippen LogP contribution in [-0.4, -0.2) is 29.3 Å². The standard InChI is InChI=1S/C19H25N3O2/c1-14-15(2)21-22-17(14)8-9-18(23)20-12-19(10-11-19)13-24-16-6-4-3-5-7-16/h3-7H,8-13H2,1-2H3,(H,20,23)(H,21,22). The molecule has 1 fully saturated rings. The summed E-state index contributed by atoms with van der Waals surface area (Å²) in [6.07, 6.45) is 3.37. The minimum atomic E-state index is 0.0843. The molecule has 2 aromatic rings. The van der Waals surface area contributed by atoms with Gasteiger partial charge >= 0.3 is 0 Å². The van der Waals surface area contributed by atoms with Crippen LogP contribution in [0.15, 0.2) is 30.3 Å². The number of rotatable bonds is 8. The number of para-hydroxylation sites is 1. The molecule has 5 nitrogen and oxygen atoms in total. The van der Waals surface area contributed by atoms with E-state index in [2.05, 4.69) is 15.5 Å². The number of H-pyrrole nitrogens is 1. The monoisotopic (exact) mass is 327 g/mol. The van der Waals surface area contributed by atoms with Gasteiger partial charge in [0, 0.05) is 30.5 Å². The van der Waals surface area contributed by atoms with Crippen molar-refractivity contribution in [3.05, 3.63) is 47.3 Å². The van der Waals surface area contributed by atoms with E-state index in [1.54, 1.807) is 0 Å². The number of hydrogen-bond donors (Lipinski definition) is 2. The van der Waals surface area contributed by atoms with Crippen molar-refractivity contribution in [2.24, 2.45) is 5.41 Å². The van der Waals surface area contributed by atoms with Gasteiger partial charge in [-0.3, -0.25) is 9.89 Å². The zero-order valence-corrected chi connectivity index (χ0v) is 14.4. The van der Waals surface area contributed by atoms with Crippen LogP contribution in [0.25, 0.3) is 0 Å². The Morgan fingerprint density at radius 3 is 2.67 bits per heavy atom. The van der Waals surface area contributed by atoms with Crippen LogP contribution in [-0.2, 0) is 11.2 Å². The van der Waals surface area contributed by atoms with Gasteiger partial charge in [-0.1, -0.05) is 18.2 Å². The maximum Gasteiger partial charge on any atom is 0.220 e. The highest BCUT2D eigenvalue weighted by atomic mass is 16.5. The third kappa shape index (κ3) is 4.16. The van der Waals surface area contributed by atoms with Gasteiger partial charge in [-0.2, -0.15) is 5.10 Å². The van der Waals surface area contributed by atoms with Crippen molar-refractivity contribution in [3.8, 4) is 5.75 Å². The van der Waals surface area contributed by atoms with Crippen LogP contribution in [0.4, 0.5) is 0 Å². The summed E-state index contributed by atoms with van der Waals surface area (Å²) < 4.78 is 5.85. The molecule has 0 aliphatic heterocycles. The molecule has 1 aromatic carbocycles. The Bertz CT molecular complexity index is 690. The smallest absolute Gasteiger partial charge is 0.220 e. The molecule has 1 amide bonds. The first-order valence-corrected chi connectivity index (χ1v) is 8.53. The van der Waals surface area contributed by atoms with E-state index in [4.69, 9.17) is 4.74 Å². The highest BCUT2D eigenvalue weighted by Gasteiger charge is 2.43. The van der Waals surface area contributed by atoms with Gasteiger partial charge < -0.3 is 10.1 Å².